The summed E-state index contributed by atoms with van der Waals surface area (Å²) in [5.74, 6) is 0.334. The summed E-state index contributed by atoms with van der Waals surface area (Å²) in [7, 11) is 0. The number of amides is 1. The lowest BCUT2D eigenvalue weighted by Gasteiger charge is -2.10. The predicted octanol–water partition coefficient (Wildman–Crippen LogP) is 5.19. The molecule has 0 atom stereocenters. The van der Waals surface area contributed by atoms with E-state index >= 15 is 0 Å². The first-order chi connectivity index (χ1) is 11.8. The van der Waals surface area contributed by atoms with E-state index in [1.165, 1.54) is 12.1 Å². The van der Waals surface area contributed by atoms with E-state index in [0.29, 0.717) is 34.3 Å². The van der Waals surface area contributed by atoms with Crippen LogP contribution in [0.25, 0.3) is 0 Å². The minimum Gasteiger partial charge on any atom is -0.484 e. The Morgan fingerprint density at radius 1 is 1.00 bits per heavy atom. The molecule has 0 aromatic heterocycles. The molecule has 0 fully saturated rings. The maximum Gasteiger partial charge on any atom is 0.262 e. The third-order valence-electron chi connectivity index (χ3n) is 3.34. The first-order valence-electron chi connectivity index (χ1n) is 7.50. The molecule has 0 saturated carbocycles. The van der Waals surface area contributed by atoms with Gasteiger partial charge in [0.25, 0.3) is 5.91 Å². The molecular formula is C18H16Cl3NO3. The molecule has 0 radical (unpaired) electrons. The second-order valence-electron chi connectivity index (χ2n) is 5.43. The van der Waals surface area contributed by atoms with Crippen LogP contribution in [0.2, 0.25) is 15.1 Å². The number of anilines is 1. The lowest BCUT2D eigenvalue weighted by Crippen LogP contribution is -2.20. The number of benzene rings is 2. The third kappa shape index (κ3) is 6.24. The smallest absolute Gasteiger partial charge is 0.262 e. The molecule has 0 heterocycles. The summed E-state index contributed by atoms with van der Waals surface area (Å²) in [6, 6.07) is 10.2. The lowest BCUT2D eigenvalue weighted by atomic mass is 10.1. The van der Waals surface area contributed by atoms with Gasteiger partial charge in [-0.2, -0.15) is 0 Å². The van der Waals surface area contributed by atoms with Crippen LogP contribution in [0.4, 0.5) is 5.69 Å². The molecule has 0 spiro atoms. The van der Waals surface area contributed by atoms with Crippen molar-refractivity contribution in [1.29, 1.82) is 0 Å². The van der Waals surface area contributed by atoms with Crippen molar-refractivity contribution in [3.63, 3.8) is 0 Å². The highest BCUT2D eigenvalue weighted by atomic mass is 35.5. The van der Waals surface area contributed by atoms with Gasteiger partial charge in [-0.1, -0.05) is 46.9 Å². The van der Waals surface area contributed by atoms with E-state index in [1.807, 2.05) is 12.1 Å². The van der Waals surface area contributed by atoms with Gasteiger partial charge in [-0.05, 0) is 43.2 Å². The normalized spacial score (nSPS) is 10.4. The number of halogens is 3. The molecule has 0 bridgehead atoms. The first kappa shape index (κ1) is 19.6. The van der Waals surface area contributed by atoms with Crippen LogP contribution in [-0.4, -0.2) is 18.3 Å². The maximum absolute atomic E-state index is 12.0. The van der Waals surface area contributed by atoms with Crippen LogP contribution < -0.4 is 10.1 Å². The summed E-state index contributed by atoms with van der Waals surface area (Å²) >= 11 is 17.8. The highest BCUT2D eigenvalue weighted by molar-refractivity contribution is 6.44. The molecule has 1 amide bonds. The van der Waals surface area contributed by atoms with Crippen molar-refractivity contribution in [3.8, 4) is 5.75 Å². The Labute approximate surface area is 161 Å². The molecule has 2 aromatic carbocycles. The number of ketones is 1. The quantitative estimate of drug-likeness (QED) is 0.651. The first-order valence-corrected chi connectivity index (χ1v) is 8.64. The number of aryl methyl sites for hydroxylation is 1. The summed E-state index contributed by atoms with van der Waals surface area (Å²) < 4.78 is 5.43. The molecule has 0 aliphatic heterocycles. The van der Waals surface area contributed by atoms with Crippen LogP contribution in [0.5, 0.6) is 5.75 Å². The van der Waals surface area contributed by atoms with Crippen LogP contribution in [0.3, 0.4) is 0 Å². The zero-order valence-corrected chi connectivity index (χ0v) is 15.7. The van der Waals surface area contributed by atoms with Gasteiger partial charge >= 0.3 is 0 Å². The number of hydrogen-bond donors (Lipinski definition) is 1. The number of carbonyl (C=O) groups excluding carboxylic acids is 2. The van der Waals surface area contributed by atoms with E-state index in [4.69, 9.17) is 39.5 Å². The fourth-order valence-electron chi connectivity index (χ4n) is 2.03. The summed E-state index contributed by atoms with van der Waals surface area (Å²) in [6.07, 6.45) is 1.19. The SMILES string of the molecule is CC(=O)CCc1ccc(OCC(=O)Nc2cc(Cl)c(Cl)cc2Cl)cc1. The molecule has 0 aliphatic carbocycles. The molecule has 2 rings (SSSR count). The van der Waals surface area contributed by atoms with Crippen molar-refractivity contribution in [1.82, 2.24) is 0 Å². The summed E-state index contributed by atoms with van der Waals surface area (Å²) in [5.41, 5.74) is 1.40. The Hall–Kier alpha value is -1.75. The second-order valence-corrected chi connectivity index (χ2v) is 6.65. The second kappa shape index (κ2) is 9.09. The molecule has 0 saturated heterocycles. The van der Waals surface area contributed by atoms with E-state index < -0.39 is 0 Å². The number of hydrogen-bond acceptors (Lipinski definition) is 3. The Bertz CT molecular complexity index is 776. The van der Waals surface area contributed by atoms with Crippen LogP contribution >= 0.6 is 34.8 Å². The monoisotopic (exact) mass is 399 g/mol. The summed E-state index contributed by atoms with van der Waals surface area (Å²) in [5, 5.41) is 3.51. The zero-order valence-electron chi connectivity index (χ0n) is 13.4. The van der Waals surface area contributed by atoms with Crippen LogP contribution in [-0.2, 0) is 16.0 Å². The minimum atomic E-state index is -0.374. The van der Waals surface area contributed by atoms with E-state index in [1.54, 1.807) is 19.1 Å². The molecule has 0 aliphatic rings. The van der Waals surface area contributed by atoms with Crippen molar-refractivity contribution in [2.75, 3.05) is 11.9 Å². The van der Waals surface area contributed by atoms with Gasteiger partial charge in [0.2, 0.25) is 0 Å². The lowest BCUT2D eigenvalue weighted by molar-refractivity contribution is -0.118. The molecule has 2 aromatic rings. The van der Waals surface area contributed by atoms with Gasteiger partial charge in [0.1, 0.15) is 11.5 Å². The molecular weight excluding hydrogens is 385 g/mol. The van der Waals surface area contributed by atoms with E-state index in [0.717, 1.165) is 5.56 Å². The Morgan fingerprint density at radius 3 is 2.28 bits per heavy atom. The van der Waals surface area contributed by atoms with Crippen molar-refractivity contribution in [2.45, 2.75) is 19.8 Å². The van der Waals surface area contributed by atoms with Crippen molar-refractivity contribution < 1.29 is 14.3 Å². The van der Waals surface area contributed by atoms with Gasteiger partial charge in [-0.3, -0.25) is 4.79 Å². The van der Waals surface area contributed by atoms with Crippen molar-refractivity contribution in [2.24, 2.45) is 0 Å². The number of carbonyl (C=O) groups is 2. The summed E-state index contributed by atoms with van der Waals surface area (Å²) in [6.45, 7) is 1.39. The number of rotatable bonds is 7. The highest BCUT2D eigenvalue weighted by Gasteiger charge is 2.10. The highest BCUT2D eigenvalue weighted by Crippen LogP contribution is 2.32. The topological polar surface area (TPSA) is 55.4 Å². The van der Waals surface area contributed by atoms with E-state index in [2.05, 4.69) is 5.32 Å². The fraction of sp³-hybridized carbons (Fsp3) is 0.222. The average molecular weight is 401 g/mol. The average Bonchev–Trinajstić information content (AvgIpc) is 2.57. The van der Waals surface area contributed by atoms with Crippen molar-refractivity contribution in [3.05, 3.63) is 57.0 Å². The molecule has 7 heteroatoms. The number of Topliss-reactive ketones (excluding diaryl/α,β-unsaturated/α-hetero) is 1. The number of nitrogens with one attached hydrogen (secondary N) is 1. The third-order valence-corrected chi connectivity index (χ3v) is 4.38. The molecule has 1 N–H and O–H groups in total. The number of ether oxygens (including phenoxy) is 1. The predicted molar refractivity (Wildman–Crippen MR) is 101 cm³/mol. The van der Waals surface area contributed by atoms with Gasteiger partial charge in [-0.15, -0.1) is 0 Å². The Morgan fingerprint density at radius 2 is 1.64 bits per heavy atom. The fourth-order valence-corrected chi connectivity index (χ4v) is 2.62. The van der Waals surface area contributed by atoms with Gasteiger partial charge in [0.15, 0.2) is 6.61 Å². The summed E-state index contributed by atoms with van der Waals surface area (Å²) in [4.78, 5) is 23.0. The van der Waals surface area contributed by atoms with Crippen LogP contribution in [0.15, 0.2) is 36.4 Å². The minimum absolute atomic E-state index is 0.151. The maximum atomic E-state index is 12.0. The standard InChI is InChI=1S/C18H16Cl3NO3/c1-11(23)2-3-12-4-6-13(7-5-12)25-10-18(24)22-17-9-15(20)14(19)8-16(17)21/h4-9H,2-3,10H2,1H3,(H,22,24). The largest absolute Gasteiger partial charge is 0.484 e. The van der Waals surface area contributed by atoms with E-state index in [9.17, 15) is 9.59 Å². The van der Waals surface area contributed by atoms with Gasteiger partial charge in [0.05, 0.1) is 20.8 Å². The zero-order chi connectivity index (χ0) is 18.4. The molecule has 0 unspecified atom stereocenters. The Balaban J connectivity index is 1.87. The van der Waals surface area contributed by atoms with E-state index in [-0.39, 0.29) is 23.3 Å². The Kier molecular flexibility index (Phi) is 7.12. The van der Waals surface area contributed by atoms with Gasteiger partial charge < -0.3 is 14.8 Å². The van der Waals surface area contributed by atoms with Gasteiger partial charge in [0, 0.05) is 6.42 Å². The molecule has 25 heavy (non-hydrogen) atoms. The van der Waals surface area contributed by atoms with Crippen molar-refractivity contribution >= 4 is 52.2 Å². The molecule has 4 nitrogen and oxygen atoms in total. The van der Waals surface area contributed by atoms with Crippen LogP contribution in [0.1, 0.15) is 18.9 Å². The van der Waals surface area contributed by atoms with Gasteiger partial charge in [-0.25, -0.2) is 0 Å². The molecule has 132 valence electrons. The van der Waals surface area contributed by atoms with Crippen LogP contribution in [0, 0.1) is 0 Å².